The summed E-state index contributed by atoms with van der Waals surface area (Å²) >= 11 is 5.36. The fourth-order valence-corrected chi connectivity index (χ4v) is 4.41. The number of aromatic nitrogens is 1. The standard InChI is InChI=1S/C15H17NO3S2.2C4H11N/c1-2-3-8-15(14(19)20,9-12(17)18)13-16-10-6-4-5-7-11(10)21-13;2*1-3-5-4-2/h4-7H,2-3,8-9H2,1H3,(H,17,18)(H,19,20);2*5H,3-4H2,1-2H3. The van der Waals surface area contributed by atoms with Crippen molar-refractivity contribution in [1.29, 1.82) is 0 Å². The molecule has 0 spiro atoms. The van der Waals surface area contributed by atoms with E-state index >= 15 is 0 Å². The van der Waals surface area contributed by atoms with E-state index < -0.39 is 16.5 Å². The highest BCUT2D eigenvalue weighted by Crippen LogP contribution is 2.40. The third-order valence-electron chi connectivity index (χ3n) is 4.52. The number of carboxylic acids is 1. The van der Waals surface area contributed by atoms with Crippen LogP contribution < -0.4 is 10.6 Å². The number of hydrogen-bond acceptors (Lipinski definition) is 6. The van der Waals surface area contributed by atoms with E-state index in [0.29, 0.717) is 11.4 Å². The number of carboxylic acid groups (broad SMARTS) is 1. The van der Waals surface area contributed by atoms with Gasteiger partial charge in [0.2, 0.25) is 0 Å². The summed E-state index contributed by atoms with van der Waals surface area (Å²) in [5.74, 6) is -1.01. The number of fused-ring (bicyclic) bond motifs is 1. The fraction of sp³-hybridized carbons (Fsp3) is 0.609. The summed E-state index contributed by atoms with van der Waals surface area (Å²) in [6, 6.07) is 7.56. The van der Waals surface area contributed by atoms with E-state index in [1.807, 2.05) is 31.2 Å². The van der Waals surface area contributed by atoms with Crippen LogP contribution in [0.4, 0.5) is 0 Å². The van der Waals surface area contributed by atoms with E-state index in [1.54, 1.807) is 0 Å². The van der Waals surface area contributed by atoms with Crippen LogP contribution in [0.2, 0.25) is 0 Å². The quantitative estimate of drug-likeness (QED) is 0.350. The third-order valence-corrected chi connectivity index (χ3v) is 6.19. The average molecular weight is 470 g/mol. The molecule has 6 nitrogen and oxygen atoms in total. The number of hydrogen-bond donors (Lipinski definition) is 4. The maximum absolute atomic E-state index is 12.2. The number of carbonyl (C=O) groups is 2. The summed E-state index contributed by atoms with van der Waals surface area (Å²) in [6.45, 7) is 14.8. The number of para-hydroxylation sites is 1. The number of nitrogens with one attached hydrogen (secondary N) is 2. The highest BCUT2D eigenvalue weighted by atomic mass is 32.1. The smallest absolute Gasteiger partial charge is 0.304 e. The summed E-state index contributed by atoms with van der Waals surface area (Å²) in [6.07, 6.45) is 1.83. The molecule has 1 aromatic heterocycles. The van der Waals surface area contributed by atoms with Gasteiger partial charge in [0.1, 0.15) is 10.4 Å². The SMILES string of the molecule is CCCCC(CC(=O)O)(C(=O)S)c1nc2ccccc2s1.CCNCC.CCNCC. The van der Waals surface area contributed by atoms with Crippen molar-refractivity contribution in [1.82, 2.24) is 15.6 Å². The molecule has 0 aliphatic rings. The lowest BCUT2D eigenvalue weighted by atomic mass is 9.81. The third kappa shape index (κ3) is 10.6. The van der Waals surface area contributed by atoms with Gasteiger partial charge in [0.15, 0.2) is 5.12 Å². The normalized spacial score (nSPS) is 12.2. The van der Waals surface area contributed by atoms with Crippen LogP contribution in [-0.4, -0.2) is 47.4 Å². The molecule has 0 aliphatic heterocycles. The molecule has 0 amide bonds. The number of thiol groups is 1. The lowest BCUT2D eigenvalue weighted by Gasteiger charge is -2.26. The molecule has 0 aliphatic carbocycles. The first-order chi connectivity index (χ1) is 14.8. The van der Waals surface area contributed by atoms with Crippen LogP contribution in [0.25, 0.3) is 10.2 Å². The second-order valence-corrected chi connectivity index (χ2v) is 8.40. The Balaban J connectivity index is 0.000000752. The van der Waals surface area contributed by atoms with Gasteiger partial charge in [0.25, 0.3) is 0 Å². The molecule has 0 saturated carbocycles. The minimum absolute atomic E-state index is 0.269. The molecular weight excluding hydrogens is 430 g/mol. The van der Waals surface area contributed by atoms with Gasteiger partial charge in [-0.1, -0.05) is 59.6 Å². The lowest BCUT2D eigenvalue weighted by Crippen LogP contribution is -2.35. The minimum Gasteiger partial charge on any atom is -0.481 e. The van der Waals surface area contributed by atoms with Gasteiger partial charge in [-0.2, -0.15) is 0 Å². The maximum atomic E-state index is 12.2. The number of thiazole rings is 1. The molecule has 0 saturated heterocycles. The van der Waals surface area contributed by atoms with Gasteiger partial charge in [0.05, 0.1) is 16.6 Å². The number of aliphatic carboxylic acids is 1. The molecule has 31 heavy (non-hydrogen) atoms. The van der Waals surface area contributed by atoms with E-state index in [9.17, 15) is 14.7 Å². The Kier molecular flexibility index (Phi) is 16.3. The Morgan fingerprint density at radius 3 is 1.97 bits per heavy atom. The Morgan fingerprint density at radius 2 is 1.58 bits per heavy atom. The molecular formula is C23H39N3O3S2. The Hall–Kier alpha value is -1.48. The predicted molar refractivity (Wildman–Crippen MR) is 136 cm³/mol. The second kappa shape index (κ2) is 17.1. The molecule has 3 N–H and O–H groups in total. The molecule has 8 heteroatoms. The van der Waals surface area contributed by atoms with Crippen molar-refractivity contribution in [2.24, 2.45) is 0 Å². The molecule has 2 rings (SSSR count). The maximum Gasteiger partial charge on any atom is 0.304 e. The Morgan fingerprint density at radius 1 is 1.03 bits per heavy atom. The predicted octanol–water partition coefficient (Wildman–Crippen LogP) is 4.89. The molecule has 0 fully saturated rings. The van der Waals surface area contributed by atoms with Crippen molar-refractivity contribution >= 4 is 45.3 Å². The Bertz CT molecular complexity index is 724. The van der Waals surface area contributed by atoms with Gasteiger partial charge in [-0.05, 0) is 44.7 Å². The second-order valence-electron chi connectivity index (χ2n) is 6.96. The first-order valence-electron chi connectivity index (χ1n) is 11.0. The van der Waals surface area contributed by atoms with Crippen LogP contribution in [0.5, 0.6) is 0 Å². The van der Waals surface area contributed by atoms with Crippen LogP contribution in [0.3, 0.4) is 0 Å². The number of unbranched alkanes of at least 4 members (excludes halogenated alkanes) is 1. The van der Waals surface area contributed by atoms with Gasteiger partial charge in [-0.15, -0.1) is 24.0 Å². The van der Waals surface area contributed by atoms with Crippen LogP contribution in [0.15, 0.2) is 24.3 Å². The number of nitrogens with zero attached hydrogens (tertiary/aromatic N) is 1. The summed E-state index contributed by atoms with van der Waals surface area (Å²) in [7, 11) is 0. The van der Waals surface area contributed by atoms with Crippen LogP contribution >= 0.6 is 24.0 Å². The fourth-order valence-electron chi connectivity index (χ4n) is 2.86. The zero-order chi connectivity index (χ0) is 23.7. The molecule has 0 bridgehead atoms. The molecule has 1 unspecified atom stereocenters. The summed E-state index contributed by atoms with van der Waals surface area (Å²) in [5.41, 5.74) is -0.340. The largest absolute Gasteiger partial charge is 0.481 e. The van der Waals surface area contributed by atoms with Gasteiger partial charge in [-0.25, -0.2) is 4.98 Å². The van der Waals surface area contributed by atoms with Crippen molar-refractivity contribution in [2.75, 3.05) is 26.2 Å². The van der Waals surface area contributed by atoms with Crippen molar-refractivity contribution in [3.05, 3.63) is 29.3 Å². The van der Waals surface area contributed by atoms with E-state index in [0.717, 1.165) is 49.2 Å². The van der Waals surface area contributed by atoms with Gasteiger partial charge in [-0.3, -0.25) is 9.59 Å². The lowest BCUT2D eigenvalue weighted by molar-refractivity contribution is -0.140. The summed E-state index contributed by atoms with van der Waals surface area (Å²) in [5, 5.41) is 15.6. The van der Waals surface area contributed by atoms with Crippen molar-refractivity contribution in [3.63, 3.8) is 0 Å². The zero-order valence-electron chi connectivity index (χ0n) is 19.5. The molecule has 2 aromatic rings. The highest BCUT2D eigenvalue weighted by molar-refractivity contribution is 7.96. The van der Waals surface area contributed by atoms with Crippen LogP contribution in [0.1, 0.15) is 65.3 Å². The molecule has 0 radical (unpaired) electrons. The first-order valence-corrected chi connectivity index (χ1v) is 12.3. The van der Waals surface area contributed by atoms with Crippen molar-refractivity contribution < 1.29 is 14.7 Å². The average Bonchev–Trinajstić information content (AvgIpc) is 3.17. The van der Waals surface area contributed by atoms with E-state index in [1.165, 1.54) is 11.3 Å². The molecule has 1 aromatic carbocycles. The van der Waals surface area contributed by atoms with E-state index in [4.69, 9.17) is 0 Å². The van der Waals surface area contributed by atoms with Crippen LogP contribution in [0, 0.1) is 0 Å². The number of carbonyl (C=O) groups excluding carboxylic acids is 1. The van der Waals surface area contributed by atoms with Gasteiger partial charge >= 0.3 is 5.97 Å². The molecule has 176 valence electrons. The minimum atomic E-state index is -1.13. The summed E-state index contributed by atoms with van der Waals surface area (Å²) < 4.78 is 0.952. The van der Waals surface area contributed by atoms with Crippen LogP contribution in [-0.2, 0) is 15.0 Å². The van der Waals surface area contributed by atoms with E-state index in [-0.39, 0.29) is 6.42 Å². The Labute approximate surface area is 196 Å². The van der Waals surface area contributed by atoms with E-state index in [2.05, 4.69) is 55.9 Å². The highest BCUT2D eigenvalue weighted by Gasteiger charge is 2.42. The topological polar surface area (TPSA) is 91.3 Å². The summed E-state index contributed by atoms with van der Waals surface area (Å²) in [4.78, 5) is 27.9. The zero-order valence-corrected chi connectivity index (χ0v) is 21.2. The van der Waals surface area contributed by atoms with Gasteiger partial charge in [0, 0.05) is 0 Å². The number of benzene rings is 1. The van der Waals surface area contributed by atoms with Crippen molar-refractivity contribution in [2.45, 2.75) is 65.7 Å². The van der Waals surface area contributed by atoms with Gasteiger partial charge < -0.3 is 15.7 Å². The number of rotatable bonds is 11. The monoisotopic (exact) mass is 469 g/mol. The first kappa shape index (κ1) is 29.5. The van der Waals surface area contributed by atoms with Crippen molar-refractivity contribution in [3.8, 4) is 0 Å². The molecule has 1 heterocycles. The molecule has 1 atom stereocenters.